The van der Waals surface area contributed by atoms with E-state index in [1.807, 2.05) is 4.90 Å². The zero-order chi connectivity index (χ0) is 13.8. The number of rotatable bonds is 3. The molecule has 1 aliphatic rings. The maximum absolute atomic E-state index is 11.1. The summed E-state index contributed by atoms with van der Waals surface area (Å²) in [7, 11) is 0. The number of carbonyl (C=O) groups is 1. The van der Waals surface area contributed by atoms with Crippen molar-refractivity contribution < 1.29 is 9.72 Å². The molecular formula is C12H16N4O3. The largest absolute Gasteiger partial charge is 0.366 e. The number of amides is 1. The summed E-state index contributed by atoms with van der Waals surface area (Å²) in [5.41, 5.74) is 5.78. The molecule has 0 spiro atoms. The number of carbonyl (C=O) groups excluding carboxylic acids is 1. The number of primary amides is 1. The first-order valence-electron chi connectivity index (χ1n) is 6.13. The van der Waals surface area contributed by atoms with Crippen LogP contribution >= 0.6 is 0 Å². The quantitative estimate of drug-likeness (QED) is 0.611. The summed E-state index contributed by atoms with van der Waals surface area (Å²) in [6.07, 6.45) is 0.925. The van der Waals surface area contributed by atoms with E-state index in [0.29, 0.717) is 12.2 Å². The average molecular weight is 264 g/mol. The highest BCUT2D eigenvalue weighted by Gasteiger charge is 2.21. The van der Waals surface area contributed by atoms with Gasteiger partial charge in [-0.2, -0.15) is 0 Å². The fraction of sp³-hybridized carbons (Fsp3) is 0.417. The van der Waals surface area contributed by atoms with E-state index in [-0.39, 0.29) is 11.3 Å². The van der Waals surface area contributed by atoms with Crippen molar-refractivity contribution in [3.8, 4) is 0 Å². The van der Waals surface area contributed by atoms with E-state index in [9.17, 15) is 14.9 Å². The van der Waals surface area contributed by atoms with E-state index in [4.69, 9.17) is 5.73 Å². The summed E-state index contributed by atoms with van der Waals surface area (Å²) >= 11 is 0. The van der Waals surface area contributed by atoms with E-state index in [1.165, 1.54) is 12.1 Å². The first-order chi connectivity index (χ1) is 9.09. The number of anilines is 1. The maximum Gasteiger partial charge on any atom is 0.293 e. The van der Waals surface area contributed by atoms with Gasteiger partial charge in [-0.3, -0.25) is 14.9 Å². The van der Waals surface area contributed by atoms with Crippen LogP contribution in [-0.4, -0.2) is 37.0 Å². The molecule has 3 N–H and O–H groups in total. The highest BCUT2D eigenvalue weighted by molar-refractivity contribution is 5.94. The lowest BCUT2D eigenvalue weighted by Gasteiger charge is -2.22. The minimum Gasteiger partial charge on any atom is -0.366 e. The number of nitro groups is 1. The predicted octanol–water partition coefficient (Wildman–Crippen LogP) is 0.493. The van der Waals surface area contributed by atoms with Crippen LogP contribution in [-0.2, 0) is 0 Å². The molecule has 0 unspecified atom stereocenters. The van der Waals surface area contributed by atoms with Crippen molar-refractivity contribution in [1.82, 2.24) is 5.32 Å². The predicted molar refractivity (Wildman–Crippen MR) is 71.3 cm³/mol. The molecule has 1 aromatic rings. The molecular weight excluding hydrogens is 248 g/mol. The van der Waals surface area contributed by atoms with Crippen LogP contribution in [0.1, 0.15) is 16.8 Å². The second-order valence-electron chi connectivity index (χ2n) is 4.42. The molecule has 1 saturated heterocycles. The Morgan fingerprint density at radius 2 is 2.16 bits per heavy atom. The lowest BCUT2D eigenvalue weighted by atomic mass is 10.1. The lowest BCUT2D eigenvalue weighted by molar-refractivity contribution is -0.384. The van der Waals surface area contributed by atoms with E-state index in [1.54, 1.807) is 6.07 Å². The van der Waals surface area contributed by atoms with E-state index < -0.39 is 10.8 Å². The third-order valence-corrected chi connectivity index (χ3v) is 3.14. The number of nitrogens with one attached hydrogen (secondary N) is 1. The van der Waals surface area contributed by atoms with Crippen molar-refractivity contribution in [3.05, 3.63) is 33.9 Å². The summed E-state index contributed by atoms with van der Waals surface area (Å²) in [5.74, 6) is -0.660. The number of nitrogens with two attached hydrogens (primary N) is 1. The molecule has 0 bridgehead atoms. The fourth-order valence-electron chi connectivity index (χ4n) is 2.18. The third kappa shape index (κ3) is 3.00. The molecule has 19 heavy (non-hydrogen) atoms. The van der Waals surface area contributed by atoms with Gasteiger partial charge in [0.2, 0.25) is 5.91 Å². The van der Waals surface area contributed by atoms with Crippen molar-refractivity contribution in [2.45, 2.75) is 6.42 Å². The van der Waals surface area contributed by atoms with Crippen molar-refractivity contribution in [2.75, 3.05) is 31.1 Å². The molecule has 0 radical (unpaired) electrons. The van der Waals surface area contributed by atoms with Gasteiger partial charge in [0.1, 0.15) is 5.69 Å². The Balaban J connectivity index is 2.37. The van der Waals surface area contributed by atoms with Gasteiger partial charge in [-0.05, 0) is 25.1 Å². The Morgan fingerprint density at radius 3 is 2.84 bits per heavy atom. The molecule has 1 amide bonds. The van der Waals surface area contributed by atoms with Gasteiger partial charge < -0.3 is 16.0 Å². The first kappa shape index (κ1) is 13.3. The zero-order valence-corrected chi connectivity index (χ0v) is 10.5. The molecule has 1 aliphatic heterocycles. The Kier molecular flexibility index (Phi) is 3.96. The molecule has 0 aliphatic carbocycles. The third-order valence-electron chi connectivity index (χ3n) is 3.14. The molecule has 1 fully saturated rings. The molecule has 1 aromatic carbocycles. The van der Waals surface area contributed by atoms with Crippen molar-refractivity contribution in [2.24, 2.45) is 5.73 Å². The van der Waals surface area contributed by atoms with Gasteiger partial charge in [-0.25, -0.2) is 0 Å². The molecule has 102 valence electrons. The van der Waals surface area contributed by atoms with Gasteiger partial charge in [0.15, 0.2) is 0 Å². The molecule has 1 heterocycles. The minimum atomic E-state index is -0.660. The Hall–Kier alpha value is -2.15. The van der Waals surface area contributed by atoms with Crippen LogP contribution in [0.25, 0.3) is 0 Å². The second kappa shape index (κ2) is 5.66. The van der Waals surface area contributed by atoms with Gasteiger partial charge in [-0.1, -0.05) is 0 Å². The standard InChI is InChI=1S/C12H16N4O3/c13-12(17)9-2-3-10(11(8-9)16(18)19)15-6-1-4-14-5-7-15/h2-3,8,14H,1,4-7H2,(H2,13,17). The highest BCUT2D eigenvalue weighted by Crippen LogP contribution is 2.29. The molecule has 7 nitrogen and oxygen atoms in total. The van der Waals surface area contributed by atoms with E-state index in [2.05, 4.69) is 5.32 Å². The Labute approximate surface area is 110 Å². The van der Waals surface area contributed by atoms with Gasteiger partial charge in [0.05, 0.1) is 4.92 Å². The molecule has 0 atom stereocenters. The summed E-state index contributed by atoms with van der Waals surface area (Å²) in [4.78, 5) is 23.7. The monoisotopic (exact) mass is 264 g/mol. The molecule has 2 rings (SSSR count). The van der Waals surface area contributed by atoms with Crippen LogP contribution in [0.15, 0.2) is 18.2 Å². The second-order valence-corrected chi connectivity index (χ2v) is 4.42. The Bertz CT molecular complexity index is 496. The average Bonchev–Trinajstić information content (AvgIpc) is 2.66. The number of nitrogens with zero attached hydrogens (tertiary/aromatic N) is 2. The topological polar surface area (TPSA) is 102 Å². The first-order valence-corrected chi connectivity index (χ1v) is 6.13. The minimum absolute atomic E-state index is 0.0711. The molecule has 0 saturated carbocycles. The SMILES string of the molecule is NC(=O)c1ccc(N2CCCNCC2)c([N+](=O)[O-])c1. The molecule has 7 heteroatoms. The van der Waals surface area contributed by atoms with Crippen LogP contribution in [0.2, 0.25) is 0 Å². The summed E-state index contributed by atoms with van der Waals surface area (Å²) in [6, 6.07) is 4.38. The van der Waals surface area contributed by atoms with Crippen molar-refractivity contribution in [1.29, 1.82) is 0 Å². The van der Waals surface area contributed by atoms with Crippen LogP contribution in [0.4, 0.5) is 11.4 Å². The van der Waals surface area contributed by atoms with Gasteiger partial charge >= 0.3 is 0 Å². The van der Waals surface area contributed by atoms with Crippen molar-refractivity contribution in [3.63, 3.8) is 0 Å². The number of nitro benzene ring substituents is 1. The van der Waals surface area contributed by atoms with Gasteiger partial charge in [0.25, 0.3) is 5.69 Å². The smallest absolute Gasteiger partial charge is 0.293 e. The van der Waals surface area contributed by atoms with Crippen LogP contribution in [0.5, 0.6) is 0 Å². The van der Waals surface area contributed by atoms with E-state index >= 15 is 0 Å². The van der Waals surface area contributed by atoms with Crippen LogP contribution in [0.3, 0.4) is 0 Å². The number of benzene rings is 1. The lowest BCUT2D eigenvalue weighted by Crippen LogP contribution is -2.28. The van der Waals surface area contributed by atoms with Gasteiger partial charge in [0, 0.05) is 31.3 Å². The van der Waals surface area contributed by atoms with Crippen molar-refractivity contribution >= 4 is 17.3 Å². The van der Waals surface area contributed by atoms with Crippen LogP contribution in [0, 0.1) is 10.1 Å². The Morgan fingerprint density at radius 1 is 1.37 bits per heavy atom. The van der Waals surface area contributed by atoms with Crippen LogP contribution < -0.4 is 16.0 Å². The zero-order valence-electron chi connectivity index (χ0n) is 10.5. The summed E-state index contributed by atoms with van der Waals surface area (Å²) in [5, 5.41) is 14.4. The fourth-order valence-corrected chi connectivity index (χ4v) is 2.18. The summed E-state index contributed by atoms with van der Waals surface area (Å²) < 4.78 is 0. The van der Waals surface area contributed by atoms with E-state index in [0.717, 1.165) is 26.1 Å². The number of hydrogen-bond acceptors (Lipinski definition) is 5. The summed E-state index contributed by atoms with van der Waals surface area (Å²) in [6.45, 7) is 3.15. The molecule has 0 aromatic heterocycles. The highest BCUT2D eigenvalue weighted by atomic mass is 16.6. The van der Waals surface area contributed by atoms with Gasteiger partial charge in [-0.15, -0.1) is 0 Å². The maximum atomic E-state index is 11.1. The normalized spacial score (nSPS) is 15.9. The number of hydrogen-bond donors (Lipinski definition) is 2.